The molecule has 0 aromatic carbocycles. The number of anilines is 1. The first kappa shape index (κ1) is 14.3. The van der Waals surface area contributed by atoms with Gasteiger partial charge in [-0.2, -0.15) is 0 Å². The normalized spacial score (nSPS) is 22.4. The number of likely N-dealkylation sites (tertiary alicyclic amines) is 1. The van der Waals surface area contributed by atoms with Crippen molar-refractivity contribution >= 4 is 17.7 Å². The van der Waals surface area contributed by atoms with Crippen LogP contribution in [0.5, 0.6) is 0 Å². The Balaban J connectivity index is 2.16. The number of aromatic nitrogens is 1. The molecule has 1 aliphatic rings. The number of hydrogen-bond donors (Lipinski definition) is 1. The maximum atomic E-state index is 12.5. The first-order chi connectivity index (χ1) is 9.50. The summed E-state index contributed by atoms with van der Waals surface area (Å²) in [6.45, 7) is 2.49. The number of hydrogen-bond acceptors (Lipinski definition) is 3. The molecule has 1 fully saturated rings. The van der Waals surface area contributed by atoms with E-state index in [4.69, 9.17) is 0 Å². The van der Waals surface area contributed by atoms with Crippen LogP contribution < -0.4 is 4.90 Å². The van der Waals surface area contributed by atoms with Crippen molar-refractivity contribution in [3.8, 4) is 0 Å². The van der Waals surface area contributed by atoms with Gasteiger partial charge in [0.2, 0.25) is 0 Å². The summed E-state index contributed by atoms with van der Waals surface area (Å²) in [5.74, 6) is -0.617. The van der Waals surface area contributed by atoms with Crippen molar-refractivity contribution in [3.05, 3.63) is 24.5 Å². The summed E-state index contributed by atoms with van der Waals surface area (Å²) in [7, 11) is 1.64. The number of pyridine rings is 1. The van der Waals surface area contributed by atoms with Crippen molar-refractivity contribution < 1.29 is 14.7 Å². The Morgan fingerprint density at radius 2 is 2.25 bits per heavy atom. The van der Waals surface area contributed by atoms with Crippen molar-refractivity contribution in [2.75, 3.05) is 18.5 Å². The van der Waals surface area contributed by atoms with Crippen LogP contribution in [0.4, 0.5) is 10.5 Å². The second-order valence-electron chi connectivity index (χ2n) is 5.23. The number of aliphatic carboxylic acids is 1. The fourth-order valence-electron chi connectivity index (χ4n) is 2.46. The van der Waals surface area contributed by atoms with E-state index in [0.717, 1.165) is 6.42 Å². The van der Waals surface area contributed by atoms with Gasteiger partial charge in [0.1, 0.15) is 6.04 Å². The molecular formula is C14H19N3O3. The zero-order chi connectivity index (χ0) is 14.7. The van der Waals surface area contributed by atoms with Crippen LogP contribution in [0.3, 0.4) is 0 Å². The molecule has 2 atom stereocenters. The fourth-order valence-corrected chi connectivity index (χ4v) is 2.46. The molecule has 1 aromatic heterocycles. The second-order valence-corrected chi connectivity index (χ2v) is 5.23. The smallest absolute Gasteiger partial charge is 0.326 e. The number of rotatable bonds is 2. The third-order valence-electron chi connectivity index (χ3n) is 3.72. The first-order valence-electron chi connectivity index (χ1n) is 6.68. The van der Waals surface area contributed by atoms with E-state index in [-0.39, 0.29) is 6.03 Å². The molecule has 108 valence electrons. The Hall–Kier alpha value is -2.11. The average molecular weight is 277 g/mol. The third-order valence-corrected chi connectivity index (χ3v) is 3.72. The molecule has 0 spiro atoms. The van der Waals surface area contributed by atoms with Crippen molar-refractivity contribution in [2.45, 2.75) is 25.8 Å². The molecular weight excluding hydrogens is 258 g/mol. The molecule has 2 heterocycles. The molecule has 6 heteroatoms. The number of carbonyl (C=O) groups excluding carboxylic acids is 1. The summed E-state index contributed by atoms with van der Waals surface area (Å²) < 4.78 is 0. The van der Waals surface area contributed by atoms with Gasteiger partial charge in [0, 0.05) is 19.8 Å². The Labute approximate surface area is 118 Å². The summed E-state index contributed by atoms with van der Waals surface area (Å²) in [4.78, 5) is 30.7. The average Bonchev–Trinajstić information content (AvgIpc) is 2.46. The van der Waals surface area contributed by atoms with E-state index < -0.39 is 12.0 Å². The quantitative estimate of drug-likeness (QED) is 0.895. The van der Waals surface area contributed by atoms with Gasteiger partial charge in [-0.3, -0.25) is 9.88 Å². The highest BCUT2D eigenvalue weighted by Crippen LogP contribution is 2.24. The summed E-state index contributed by atoms with van der Waals surface area (Å²) in [5.41, 5.74) is 0.653. The van der Waals surface area contributed by atoms with Crippen LogP contribution in [0, 0.1) is 5.92 Å². The van der Waals surface area contributed by atoms with Gasteiger partial charge in [-0.05, 0) is 30.9 Å². The van der Waals surface area contributed by atoms with Crippen LogP contribution in [0.15, 0.2) is 24.5 Å². The zero-order valence-electron chi connectivity index (χ0n) is 11.7. The number of carboxylic acids is 1. The number of urea groups is 1. The summed E-state index contributed by atoms with van der Waals surface area (Å²) in [5, 5.41) is 9.30. The SMILES string of the molecule is CC1CCN(C(=O)N(C)c2cccnc2)C(C(=O)O)C1. The van der Waals surface area contributed by atoms with Gasteiger partial charge in [0.15, 0.2) is 0 Å². The molecule has 2 rings (SSSR count). The maximum absolute atomic E-state index is 12.5. The van der Waals surface area contributed by atoms with Crippen LogP contribution in [0.1, 0.15) is 19.8 Å². The molecule has 0 saturated carbocycles. The second kappa shape index (κ2) is 5.90. The van der Waals surface area contributed by atoms with Crippen molar-refractivity contribution in [1.82, 2.24) is 9.88 Å². The molecule has 6 nitrogen and oxygen atoms in total. The lowest BCUT2D eigenvalue weighted by atomic mass is 9.92. The van der Waals surface area contributed by atoms with Gasteiger partial charge < -0.3 is 10.0 Å². The van der Waals surface area contributed by atoms with E-state index in [0.29, 0.717) is 24.6 Å². The van der Waals surface area contributed by atoms with E-state index in [1.165, 1.54) is 9.80 Å². The van der Waals surface area contributed by atoms with Crippen LogP contribution in [0.2, 0.25) is 0 Å². The Bertz CT molecular complexity index is 492. The number of piperidine rings is 1. The number of amides is 2. The first-order valence-corrected chi connectivity index (χ1v) is 6.68. The van der Waals surface area contributed by atoms with Gasteiger partial charge in [0.25, 0.3) is 0 Å². The van der Waals surface area contributed by atoms with Crippen LogP contribution >= 0.6 is 0 Å². The largest absolute Gasteiger partial charge is 0.480 e. The molecule has 1 N–H and O–H groups in total. The number of carboxylic acid groups (broad SMARTS) is 1. The lowest BCUT2D eigenvalue weighted by molar-refractivity contribution is -0.143. The van der Waals surface area contributed by atoms with Crippen molar-refractivity contribution in [2.24, 2.45) is 5.92 Å². The standard InChI is InChI=1S/C14H19N3O3/c1-10-5-7-17(12(8-10)13(18)19)14(20)16(2)11-4-3-6-15-9-11/h3-4,6,9-10,12H,5,7-8H2,1-2H3,(H,18,19). The molecule has 0 radical (unpaired) electrons. The summed E-state index contributed by atoms with van der Waals surface area (Å²) in [6.07, 6.45) is 4.54. The predicted molar refractivity (Wildman–Crippen MR) is 74.6 cm³/mol. The predicted octanol–water partition coefficient (Wildman–Crippen LogP) is 1.82. The van der Waals surface area contributed by atoms with E-state index in [2.05, 4.69) is 4.98 Å². The maximum Gasteiger partial charge on any atom is 0.326 e. The Kier molecular flexibility index (Phi) is 4.22. The molecule has 2 amide bonds. The highest BCUT2D eigenvalue weighted by atomic mass is 16.4. The Morgan fingerprint density at radius 1 is 1.50 bits per heavy atom. The van der Waals surface area contributed by atoms with Gasteiger partial charge in [-0.1, -0.05) is 6.92 Å². The monoisotopic (exact) mass is 277 g/mol. The van der Waals surface area contributed by atoms with Crippen molar-refractivity contribution in [1.29, 1.82) is 0 Å². The molecule has 20 heavy (non-hydrogen) atoms. The van der Waals surface area contributed by atoms with Crippen LogP contribution in [-0.4, -0.2) is 46.6 Å². The number of carbonyl (C=O) groups is 2. The van der Waals surface area contributed by atoms with Gasteiger partial charge >= 0.3 is 12.0 Å². The fraction of sp³-hybridized carbons (Fsp3) is 0.500. The minimum Gasteiger partial charge on any atom is -0.480 e. The van der Waals surface area contributed by atoms with E-state index in [1.54, 1.807) is 31.6 Å². The minimum absolute atomic E-state index is 0.294. The summed E-state index contributed by atoms with van der Waals surface area (Å²) >= 11 is 0. The van der Waals surface area contributed by atoms with Gasteiger partial charge in [-0.25, -0.2) is 9.59 Å². The minimum atomic E-state index is -0.940. The molecule has 0 bridgehead atoms. The van der Waals surface area contributed by atoms with Crippen LogP contribution in [-0.2, 0) is 4.79 Å². The lowest BCUT2D eigenvalue weighted by Crippen LogP contribution is -2.53. The molecule has 1 saturated heterocycles. The van der Waals surface area contributed by atoms with Gasteiger partial charge in [0.05, 0.1) is 11.9 Å². The van der Waals surface area contributed by atoms with Gasteiger partial charge in [-0.15, -0.1) is 0 Å². The third kappa shape index (κ3) is 2.89. The molecule has 1 aromatic rings. The van der Waals surface area contributed by atoms with E-state index in [9.17, 15) is 14.7 Å². The summed E-state index contributed by atoms with van der Waals surface area (Å²) in [6, 6.07) is 2.47. The van der Waals surface area contributed by atoms with E-state index in [1.807, 2.05) is 6.92 Å². The highest BCUT2D eigenvalue weighted by molar-refractivity contribution is 5.94. The topological polar surface area (TPSA) is 73.7 Å². The molecule has 0 aliphatic carbocycles. The molecule has 2 unspecified atom stereocenters. The van der Waals surface area contributed by atoms with Crippen LogP contribution in [0.25, 0.3) is 0 Å². The molecule has 1 aliphatic heterocycles. The zero-order valence-corrected chi connectivity index (χ0v) is 11.7. The highest BCUT2D eigenvalue weighted by Gasteiger charge is 2.36. The van der Waals surface area contributed by atoms with Crippen molar-refractivity contribution in [3.63, 3.8) is 0 Å². The lowest BCUT2D eigenvalue weighted by Gasteiger charge is -2.38. The van der Waals surface area contributed by atoms with E-state index >= 15 is 0 Å². The number of nitrogens with zero attached hydrogens (tertiary/aromatic N) is 3. The Morgan fingerprint density at radius 3 is 2.85 bits per heavy atom.